The number of carbonyl (C=O) groups is 1. The van der Waals surface area contributed by atoms with Crippen molar-refractivity contribution in [2.45, 2.75) is 40.7 Å². The van der Waals surface area contributed by atoms with Gasteiger partial charge in [0.2, 0.25) is 5.91 Å². The Bertz CT molecular complexity index is 434. The molecule has 1 heterocycles. The van der Waals surface area contributed by atoms with Crippen LogP contribution in [-0.4, -0.2) is 15.9 Å². The normalized spacial score (nSPS) is 21.1. The van der Waals surface area contributed by atoms with E-state index in [4.69, 9.17) is 0 Å². The number of nitrogens with zero attached hydrogens (tertiary/aromatic N) is 2. The van der Waals surface area contributed by atoms with Gasteiger partial charge in [0.25, 0.3) is 0 Å². The zero-order chi connectivity index (χ0) is 12.6. The second-order valence-electron chi connectivity index (χ2n) is 5.53. The van der Waals surface area contributed by atoms with E-state index in [0.717, 1.165) is 17.8 Å². The van der Waals surface area contributed by atoms with Crippen LogP contribution in [0, 0.1) is 25.2 Å². The molecule has 92 valence electrons. The van der Waals surface area contributed by atoms with Gasteiger partial charge < -0.3 is 5.32 Å². The fourth-order valence-corrected chi connectivity index (χ4v) is 2.08. The van der Waals surface area contributed by atoms with Crippen LogP contribution in [-0.2, 0) is 11.3 Å². The van der Waals surface area contributed by atoms with Crippen LogP contribution >= 0.6 is 0 Å². The summed E-state index contributed by atoms with van der Waals surface area (Å²) in [4.78, 5) is 20.4. The Hall–Kier alpha value is -1.45. The zero-order valence-electron chi connectivity index (χ0n) is 10.9. The molecule has 0 aliphatic heterocycles. The molecular weight excluding hydrogens is 214 g/mol. The Morgan fingerprint density at radius 3 is 2.41 bits per heavy atom. The van der Waals surface area contributed by atoms with E-state index in [1.165, 1.54) is 0 Å². The van der Waals surface area contributed by atoms with Gasteiger partial charge in [0.15, 0.2) is 0 Å². The molecule has 17 heavy (non-hydrogen) atoms. The van der Waals surface area contributed by atoms with E-state index < -0.39 is 0 Å². The molecule has 1 fully saturated rings. The van der Waals surface area contributed by atoms with Crippen LogP contribution in [0.3, 0.4) is 0 Å². The third-order valence-corrected chi connectivity index (χ3v) is 3.28. The molecule has 1 aromatic rings. The molecule has 1 atom stereocenters. The fraction of sp³-hybridized carbons (Fsp3) is 0.615. The predicted molar refractivity (Wildman–Crippen MR) is 65.2 cm³/mol. The van der Waals surface area contributed by atoms with Gasteiger partial charge in [-0.05, 0) is 31.7 Å². The van der Waals surface area contributed by atoms with E-state index in [0.29, 0.717) is 12.4 Å². The number of amides is 1. The van der Waals surface area contributed by atoms with Crippen molar-refractivity contribution < 1.29 is 4.79 Å². The van der Waals surface area contributed by atoms with Crippen molar-refractivity contribution in [3.63, 3.8) is 0 Å². The van der Waals surface area contributed by atoms with Gasteiger partial charge in [0.1, 0.15) is 5.82 Å². The number of carbonyl (C=O) groups excluding carboxylic acids is 1. The Morgan fingerprint density at radius 2 is 1.94 bits per heavy atom. The van der Waals surface area contributed by atoms with E-state index in [9.17, 15) is 4.79 Å². The summed E-state index contributed by atoms with van der Waals surface area (Å²) in [5.41, 5.74) is 2.05. The first kappa shape index (κ1) is 12.0. The van der Waals surface area contributed by atoms with Crippen LogP contribution < -0.4 is 5.32 Å². The van der Waals surface area contributed by atoms with Crippen molar-refractivity contribution in [2.75, 3.05) is 0 Å². The number of nitrogens with one attached hydrogen (secondary N) is 1. The molecule has 4 nitrogen and oxygen atoms in total. The smallest absolute Gasteiger partial charge is 0.224 e. The molecular formula is C13H19N3O. The van der Waals surface area contributed by atoms with Crippen molar-refractivity contribution in [2.24, 2.45) is 11.3 Å². The molecule has 1 N–H and O–H groups in total. The predicted octanol–water partition coefficient (Wildman–Crippen LogP) is 1.76. The maximum absolute atomic E-state index is 11.8. The fourth-order valence-electron chi connectivity index (χ4n) is 2.08. The van der Waals surface area contributed by atoms with Gasteiger partial charge in [0.05, 0.1) is 6.54 Å². The van der Waals surface area contributed by atoms with E-state index in [-0.39, 0.29) is 17.2 Å². The molecule has 0 bridgehead atoms. The van der Waals surface area contributed by atoms with Crippen LogP contribution in [0.25, 0.3) is 0 Å². The molecule has 1 saturated carbocycles. The Kier molecular flexibility index (Phi) is 2.89. The van der Waals surface area contributed by atoms with Crippen LogP contribution in [0.15, 0.2) is 6.07 Å². The third-order valence-electron chi connectivity index (χ3n) is 3.28. The maximum atomic E-state index is 11.8. The summed E-state index contributed by atoms with van der Waals surface area (Å²) < 4.78 is 0. The molecule has 0 aromatic carbocycles. The highest BCUT2D eigenvalue weighted by atomic mass is 16.2. The first-order valence-corrected chi connectivity index (χ1v) is 5.97. The lowest BCUT2D eigenvalue weighted by Gasteiger charge is -2.07. The van der Waals surface area contributed by atoms with Crippen molar-refractivity contribution in [1.29, 1.82) is 0 Å². The van der Waals surface area contributed by atoms with Crippen molar-refractivity contribution >= 4 is 5.91 Å². The van der Waals surface area contributed by atoms with E-state index in [1.807, 2.05) is 19.9 Å². The summed E-state index contributed by atoms with van der Waals surface area (Å²) in [6.45, 7) is 8.52. The lowest BCUT2D eigenvalue weighted by atomic mass is 10.1. The van der Waals surface area contributed by atoms with Crippen molar-refractivity contribution in [1.82, 2.24) is 15.3 Å². The van der Waals surface area contributed by atoms with Gasteiger partial charge in [-0.2, -0.15) is 0 Å². The summed E-state index contributed by atoms with van der Waals surface area (Å²) in [5.74, 6) is 0.973. The standard InChI is InChI=1S/C13H19N3O/c1-8-5-9(2)16-11(15-8)7-14-12(17)10-6-13(10,3)4/h5,10H,6-7H2,1-4H3,(H,14,17)/t10-/m0/s1. The van der Waals surface area contributed by atoms with Gasteiger partial charge >= 0.3 is 0 Å². The second-order valence-corrected chi connectivity index (χ2v) is 5.53. The lowest BCUT2D eigenvalue weighted by molar-refractivity contribution is -0.123. The average molecular weight is 233 g/mol. The zero-order valence-corrected chi connectivity index (χ0v) is 10.9. The number of hydrogen-bond acceptors (Lipinski definition) is 3. The molecule has 1 aromatic heterocycles. The molecule has 1 aliphatic carbocycles. The van der Waals surface area contributed by atoms with Crippen LogP contribution in [0.5, 0.6) is 0 Å². The van der Waals surface area contributed by atoms with Gasteiger partial charge in [-0.3, -0.25) is 4.79 Å². The van der Waals surface area contributed by atoms with Crippen LogP contribution in [0.1, 0.15) is 37.5 Å². The van der Waals surface area contributed by atoms with Crippen LogP contribution in [0.4, 0.5) is 0 Å². The topological polar surface area (TPSA) is 54.9 Å². The number of aryl methyl sites for hydroxylation is 2. The molecule has 4 heteroatoms. The minimum Gasteiger partial charge on any atom is -0.349 e. The highest BCUT2D eigenvalue weighted by molar-refractivity contribution is 5.82. The summed E-state index contributed by atoms with van der Waals surface area (Å²) in [7, 11) is 0. The first-order chi connectivity index (χ1) is 7.88. The summed E-state index contributed by atoms with van der Waals surface area (Å²) in [6.07, 6.45) is 0.979. The molecule has 0 unspecified atom stereocenters. The summed E-state index contributed by atoms with van der Waals surface area (Å²) in [5, 5.41) is 2.91. The monoisotopic (exact) mass is 233 g/mol. The molecule has 0 saturated heterocycles. The number of rotatable bonds is 3. The third kappa shape index (κ3) is 2.81. The summed E-state index contributed by atoms with van der Waals surface area (Å²) in [6, 6.07) is 1.93. The average Bonchev–Trinajstić information content (AvgIpc) is 2.83. The van der Waals surface area contributed by atoms with E-state index in [1.54, 1.807) is 0 Å². The molecule has 0 spiro atoms. The first-order valence-electron chi connectivity index (χ1n) is 5.97. The van der Waals surface area contributed by atoms with Gasteiger partial charge in [-0.1, -0.05) is 13.8 Å². The van der Waals surface area contributed by atoms with E-state index in [2.05, 4.69) is 29.1 Å². The Balaban J connectivity index is 1.92. The number of aromatic nitrogens is 2. The molecule has 2 rings (SSSR count). The molecule has 1 aliphatic rings. The minimum absolute atomic E-state index is 0.123. The highest BCUT2D eigenvalue weighted by Gasteiger charge is 2.50. The van der Waals surface area contributed by atoms with Crippen molar-refractivity contribution in [3.8, 4) is 0 Å². The van der Waals surface area contributed by atoms with Crippen LogP contribution in [0.2, 0.25) is 0 Å². The largest absolute Gasteiger partial charge is 0.349 e. The molecule has 1 amide bonds. The summed E-state index contributed by atoms with van der Waals surface area (Å²) >= 11 is 0. The SMILES string of the molecule is Cc1cc(C)nc(CNC(=O)[C@@H]2CC2(C)C)n1. The van der Waals surface area contributed by atoms with E-state index >= 15 is 0 Å². The van der Waals surface area contributed by atoms with Crippen molar-refractivity contribution in [3.05, 3.63) is 23.3 Å². The Labute approximate surface area is 102 Å². The van der Waals surface area contributed by atoms with Gasteiger partial charge in [-0.25, -0.2) is 9.97 Å². The quantitative estimate of drug-likeness (QED) is 0.865. The van der Waals surface area contributed by atoms with Gasteiger partial charge in [0, 0.05) is 17.3 Å². The lowest BCUT2D eigenvalue weighted by Crippen LogP contribution is -2.27. The van der Waals surface area contributed by atoms with Gasteiger partial charge in [-0.15, -0.1) is 0 Å². The minimum atomic E-state index is 0.123. The highest BCUT2D eigenvalue weighted by Crippen LogP contribution is 2.51. The maximum Gasteiger partial charge on any atom is 0.224 e. The molecule has 0 radical (unpaired) electrons. The second kappa shape index (κ2) is 4.09. The number of hydrogen-bond donors (Lipinski definition) is 1. The Morgan fingerprint density at radius 1 is 1.41 bits per heavy atom.